The highest BCUT2D eigenvalue weighted by Gasteiger charge is 2.15. The molecule has 0 aliphatic heterocycles. The van der Waals surface area contributed by atoms with Crippen molar-refractivity contribution in [3.8, 4) is 0 Å². The predicted octanol–water partition coefficient (Wildman–Crippen LogP) is 2.66. The fraction of sp³-hybridized carbons (Fsp3) is 0.158. The smallest absolute Gasteiger partial charge is 0.337 e. The van der Waals surface area contributed by atoms with Gasteiger partial charge in [0.25, 0.3) is 5.56 Å². The summed E-state index contributed by atoms with van der Waals surface area (Å²) in [6, 6.07) is 14.7. The highest BCUT2D eigenvalue weighted by molar-refractivity contribution is 7.98. The van der Waals surface area contributed by atoms with Gasteiger partial charge in [0.1, 0.15) is 0 Å². The molecule has 8 heteroatoms. The van der Waals surface area contributed by atoms with Crippen LogP contribution in [0.15, 0.2) is 58.5 Å². The molecule has 0 bridgehead atoms. The number of methoxy groups -OCH3 is 1. The molecular formula is C19H16N4O3S. The molecule has 0 spiro atoms. The molecule has 2 aromatic heterocycles. The quantitative estimate of drug-likeness (QED) is 0.400. The number of aryl methyl sites for hydroxylation is 1. The van der Waals surface area contributed by atoms with Gasteiger partial charge < -0.3 is 4.74 Å². The van der Waals surface area contributed by atoms with E-state index in [4.69, 9.17) is 4.74 Å². The van der Waals surface area contributed by atoms with E-state index in [0.717, 1.165) is 11.1 Å². The van der Waals surface area contributed by atoms with E-state index >= 15 is 0 Å². The van der Waals surface area contributed by atoms with Gasteiger partial charge in [0.15, 0.2) is 5.16 Å². The zero-order valence-corrected chi connectivity index (χ0v) is 15.6. The fourth-order valence-electron chi connectivity index (χ4n) is 2.96. The van der Waals surface area contributed by atoms with E-state index < -0.39 is 0 Å². The minimum atomic E-state index is -0.365. The zero-order chi connectivity index (χ0) is 19.0. The molecule has 2 aromatic carbocycles. The van der Waals surface area contributed by atoms with E-state index in [0.29, 0.717) is 27.6 Å². The van der Waals surface area contributed by atoms with Crippen LogP contribution in [0.3, 0.4) is 0 Å². The third-order valence-electron chi connectivity index (χ3n) is 4.31. The third kappa shape index (κ3) is 2.97. The maximum Gasteiger partial charge on any atom is 0.337 e. The van der Waals surface area contributed by atoms with Gasteiger partial charge in [-0.25, -0.2) is 4.79 Å². The summed E-state index contributed by atoms with van der Waals surface area (Å²) in [5, 5.41) is 9.74. The van der Waals surface area contributed by atoms with Crippen molar-refractivity contribution in [2.45, 2.75) is 10.9 Å². The Morgan fingerprint density at radius 1 is 1.15 bits per heavy atom. The van der Waals surface area contributed by atoms with Gasteiger partial charge in [-0.05, 0) is 29.8 Å². The summed E-state index contributed by atoms with van der Waals surface area (Å²) < 4.78 is 8.15. The van der Waals surface area contributed by atoms with Crippen molar-refractivity contribution in [2.75, 3.05) is 7.11 Å². The second-order valence-electron chi connectivity index (χ2n) is 5.98. The molecule has 0 radical (unpaired) electrons. The number of carbonyl (C=O) groups is 1. The fourth-order valence-corrected chi connectivity index (χ4v) is 3.84. The first-order valence-electron chi connectivity index (χ1n) is 8.23. The van der Waals surface area contributed by atoms with Crippen molar-refractivity contribution >= 4 is 34.4 Å². The van der Waals surface area contributed by atoms with Crippen LogP contribution in [0.4, 0.5) is 0 Å². The Labute approximate surface area is 158 Å². The van der Waals surface area contributed by atoms with E-state index in [1.807, 2.05) is 34.7 Å². The van der Waals surface area contributed by atoms with Crippen molar-refractivity contribution in [2.24, 2.45) is 7.05 Å². The first-order chi connectivity index (χ1) is 13.1. The Bertz CT molecular complexity index is 1230. The minimum absolute atomic E-state index is 0.104. The number of hydrogen-bond donors (Lipinski definition) is 0. The molecule has 7 nitrogen and oxygen atoms in total. The monoisotopic (exact) mass is 380 g/mol. The van der Waals surface area contributed by atoms with E-state index in [2.05, 4.69) is 10.2 Å². The highest BCUT2D eigenvalue weighted by Crippen LogP contribution is 2.24. The largest absolute Gasteiger partial charge is 0.465 e. The highest BCUT2D eigenvalue weighted by atomic mass is 32.2. The van der Waals surface area contributed by atoms with Gasteiger partial charge in [-0.15, -0.1) is 10.2 Å². The molecule has 2 heterocycles. The molecule has 4 aromatic rings. The van der Waals surface area contributed by atoms with Gasteiger partial charge in [-0.3, -0.25) is 13.8 Å². The number of aromatic nitrogens is 4. The number of esters is 1. The van der Waals surface area contributed by atoms with E-state index in [1.54, 1.807) is 25.2 Å². The summed E-state index contributed by atoms with van der Waals surface area (Å²) in [5.41, 5.74) is 2.14. The van der Waals surface area contributed by atoms with Crippen molar-refractivity contribution in [1.82, 2.24) is 19.2 Å². The number of carbonyl (C=O) groups excluding carboxylic acids is 1. The average Bonchev–Trinajstić information content (AvgIpc) is 3.14. The lowest BCUT2D eigenvalue weighted by atomic mass is 10.1. The molecule has 0 N–H and O–H groups in total. The van der Waals surface area contributed by atoms with Gasteiger partial charge in [0.2, 0.25) is 5.78 Å². The number of hydrogen-bond acceptors (Lipinski definition) is 6. The normalized spacial score (nSPS) is 11.2. The van der Waals surface area contributed by atoms with Crippen LogP contribution in [-0.2, 0) is 17.5 Å². The summed E-state index contributed by atoms with van der Waals surface area (Å²) in [7, 11) is 3.05. The zero-order valence-electron chi connectivity index (χ0n) is 14.7. The second-order valence-corrected chi connectivity index (χ2v) is 6.92. The first kappa shape index (κ1) is 17.3. The third-order valence-corrected chi connectivity index (χ3v) is 5.31. The van der Waals surface area contributed by atoms with Crippen LogP contribution in [0, 0.1) is 0 Å². The number of benzene rings is 2. The lowest BCUT2D eigenvalue weighted by Gasteiger charge is -2.08. The SMILES string of the molecule is COC(=O)c1cccc(CSc2nnc3n(C)c(=O)c4ccccc4n23)c1. The lowest BCUT2D eigenvalue weighted by molar-refractivity contribution is 0.0600. The molecule has 27 heavy (non-hydrogen) atoms. The maximum atomic E-state index is 12.5. The molecule has 4 rings (SSSR count). The molecule has 0 fully saturated rings. The summed E-state index contributed by atoms with van der Waals surface area (Å²) >= 11 is 1.49. The molecule has 0 aliphatic carbocycles. The predicted molar refractivity (Wildman–Crippen MR) is 103 cm³/mol. The Balaban J connectivity index is 1.74. The van der Waals surface area contributed by atoms with Crippen molar-refractivity contribution in [1.29, 1.82) is 0 Å². The van der Waals surface area contributed by atoms with Crippen LogP contribution in [0.5, 0.6) is 0 Å². The summed E-state index contributed by atoms with van der Waals surface area (Å²) in [4.78, 5) is 24.2. The van der Waals surface area contributed by atoms with Crippen molar-refractivity contribution < 1.29 is 9.53 Å². The number of ether oxygens (including phenoxy) is 1. The molecule has 0 saturated carbocycles. The standard InChI is InChI=1S/C19H16N4O3S/c1-22-16(24)14-8-3-4-9-15(14)23-18(22)20-21-19(23)27-11-12-6-5-7-13(10-12)17(25)26-2/h3-10H,11H2,1-2H3. The van der Waals surface area contributed by atoms with Gasteiger partial charge in [0, 0.05) is 12.8 Å². The van der Waals surface area contributed by atoms with E-state index in [1.165, 1.54) is 23.4 Å². The molecule has 0 amide bonds. The van der Waals surface area contributed by atoms with Gasteiger partial charge in [0.05, 0.1) is 23.6 Å². The van der Waals surface area contributed by atoms with E-state index in [-0.39, 0.29) is 11.5 Å². The molecule has 0 unspecified atom stereocenters. The van der Waals surface area contributed by atoms with Crippen LogP contribution in [-0.4, -0.2) is 32.2 Å². The number of nitrogens with zero attached hydrogens (tertiary/aromatic N) is 4. The molecule has 0 atom stereocenters. The summed E-state index contributed by atoms with van der Waals surface area (Å²) in [5.74, 6) is 0.725. The molecular weight excluding hydrogens is 364 g/mol. The van der Waals surface area contributed by atoms with Crippen molar-refractivity contribution in [3.63, 3.8) is 0 Å². The average molecular weight is 380 g/mol. The maximum absolute atomic E-state index is 12.5. The molecule has 136 valence electrons. The van der Waals surface area contributed by atoms with Crippen LogP contribution >= 0.6 is 11.8 Å². The van der Waals surface area contributed by atoms with Crippen molar-refractivity contribution in [3.05, 3.63) is 70.0 Å². The Hall–Kier alpha value is -3.13. The lowest BCUT2D eigenvalue weighted by Crippen LogP contribution is -2.20. The van der Waals surface area contributed by atoms with Gasteiger partial charge in [-0.2, -0.15) is 0 Å². The van der Waals surface area contributed by atoms with Gasteiger partial charge in [-0.1, -0.05) is 36.0 Å². The summed E-state index contributed by atoms with van der Waals surface area (Å²) in [6.45, 7) is 0. The molecule has 0 aliphatic rings. The Kier molecular flexibility index (Phi) is 4.41. The van der Waals surface area contributed by atoms with Crippen LogP contribution in [0.1, 0.15) is 15.9 Å². The van der Waals surface area contributed by atoms with Crippen LogP contribution in [0.2, 0.25) is 0 Å². The van der Waals surface area contributed by atoms with Gasteiger partial charge >= 0.3 is 5.97 Å². The van der Waals surface area contributed by atoms with Crippen LogP contribution in [0.25, 0.3) is 16.7 Å². The minimum Gasteiger partial charge on any atom is -0.465 e. The Morgan fingerprint density at radius 3 is 2.78 bits per heavy atom. The number of thioether (sulfide) groups is 1. The first-order valence-corrected chi connectivity index (χ1v) is 9.21. The number of rotatable bonds is 4. The number of fused-ring (bicyclic) bond motifs is 3. The number of para-hydroxylation sites is 1. The second kappa shape index (κ2) is 6.88. The van der Waals surface area contributed by atoms with Crippen LogP contribution < -0.4 is 5.56 Å². The summed E-state index contributed by atoms with van der Waals surface area (Å²) in [6.07, 6.45) is 0. The Morgan fingerprint density at radius 2 is 1.96 bits per heavy atom. The molecule has 0 saturated heterocycles. The van der Waals surface area contributed by atoms with E-state index in [9.17, 15) is 9.59 Å². The topological polar surface area (TPSA) is 78.5 Å².